The molecule has 0 unspecified atom stereocenters. The second-order valence-electron chi connectivity index (χ2n) is 3.59. The predicted molar refractivity (Wildman–Crippen MR) is 50.5 cm³/mol. The van der Waals surface area contributed by atoms with Crippen LogP contribution < -0.4 is 0 Å². The second-order valence-corrected chi connectivity index (χ2v) is 3.59. The largest absolute Gasteiger partial charge is 0.0956 e. The van der Waals surface area contributed by atoms with Crippen molar-refractivity contribution in [3.8, 4) is 0 Å². The molecule has 1 rings (SSSR count). The first-order valence-electron chi connectivity index (χ1n) is 4.61. The van der Waals surface area contributed by atoms with Crippen molar-refractivity contribution in [3.05, 3.63) is 23.8 Å². The Morgan fingerprint density at radius 2 is 2.36 bits per heavy atom. The van der Waals surface area contributed by atoms with E-state index in [9.17, 15) is 0 Å². The zero-order valence-electron chi connectivity index (χ0n) is 7.69. The summed E-state index contributed by atoms with van der Waals surface area (Å²) in [5.41, 5.74) is 2.90. The minimum absolute atomic E-state index is 0.873. The van der Waals surface area contributed by atoms with Crippen molar-refractivity contribution in [3.63, 3.8) is 0 Å². The Balaban J connectivity index is 2.61. The lowest BCUT2D eigenvalue weighted by atomic mass is 9.83. The van der Waals surface area contributed by atoms with Crippen LogP contribution in [0.3, 0.4) is 0 Å². The van der Waals surface area contributed by atoms with Crippen LogP contribution in [0.5, 0.6) is 0 Å². The van der Waals surface area contributed by atoms with E-state index >= 15 is 0 Å². The van der Waals surface area contributed by atoms with E-state index in [1.807, 2.05) is 0 Å². The zero-order chi connectivity index (χ0) is 8.27. The lowest BCUT2D eigenvalue weighted by molar-refractivity contribution is 0.497. The summed E-state index contributed by atoms with van der Waals surface area (Å²) in [7, 11) is 0. The first-order valence-corrected chi connectivity index (χ1v) is 4.61. The summed E-state index contributed by atoms with van der Waals surface area (Å²) >= 11 is 0. The summed E-state index contributed by atoms with van der Waals surface area (Å²) in [5.74, 6) is 0.873. The number of hydrogen-bond donors (Lipinski definition) is 0. The van der Waals surface area contributed by atoms with E-state index in [1.54, 1.807) is 0 Å². The van der Waals surface area contributed by atoms with Crippen LogP contribution in [0, 0.1) is 5.92 Å². The molecule has 0 amide bonds. The fourth-order valence-electron chi connectivity index (χ4n) is 1.68. The number of hydrogen-bond acceptors (Lipinski definition) is 0. The molecule has 0 heterocycles. The van der Waals surface area contributed by atoms with Crippen molar-refractivity contribution in [1.29, 1.82) is 0 Å². The van der Waals surface area contributed by atoms with E-state index in [4.69, 9.17) is 0 Å². The highest BCUT2D eigenvalue weighted by Crippen LogP contribution is 2.31. The Morgan fingerprint density at radius 1 is 1.64 bits per heavy atom. The molecule has 1 fully saturated rings. The quantitative estimate of drug-likeness (QED) is 0.534. The van der Waals surface area contributed by atoms with Crippen LogP contribution >= 0.6 is 0 Å². The van der Waals surface area contributed by atoms with Gasteiger partial charge < -0.3 is 0 Å². The molecule has 0 aromatic rings. The Hall–Kier alpha value is -0.520. The molecule has 1 aliphatic carbocycles. The van der Waals surface area contributed by atoms with E-state index < -0.39 is 0 Å². The minimum Gasteiger partial charge on any atom is -0.0956 e. The van der Waals surface area contributed by atoms with Gasteiger partial charge in [0.15, 0.2) is 0 Å². The minimum atomic E-state index is 0.873. The molecule has 0 N–H and O–H groups in total. The van der Waals surface area contributed by atoms with Crippen molar-refractivity contribution >= 4 is 0 Å². The van der Waals surface area contributed by atoms with Crippen LogP contribution in [0.2, 0.25) is 0 Å². The Kier molecular flexibility index (Phi) is 2.92. The van der Waals surface area contributed by atoms with Crippen LogP contribution in [0.25, 0.3) is 0 Å². The summed E-state index contributed by atoms with van der Waals surface area (Å²) in [5, 5.41) is 0. The summed E-state index contributed by atoms with van der Waals surface area (Å²) in [6, 6.07) is 0. The van der Waals surface area contributed by atoms with Crippen LogP contribution in [-0.4, -0.2) is 0 Å². The lowest BCUT2D eigenvalue weighted by Gasteiger charge is -2.22. The fraction of sp³-hybridized carbons (Fsp3) is 0.636. The summed E-state index contributed by atoms with van der Waals surface area (Å²) in [4.78, 5) is 0. The molecular weight excluding hydrogens is 132 g/mol. The van der Waals surface area contributed by atoms with Crippen LogP contribution in [0.15, 0.2) is 23.8 Å². The molecule has 11 heavy (non-hydrogen) atoms. The normalized spacial score (nSPS) is 29.5. The first kappa shape index (κ1) is 8.58. The van der Waals surface area contributed by atoms with Gasteiger partial charge in [-0.1, -0.05) is 32.1 Å². The van der Waals surface area contributed by atoms with Gasteiger partial charge in [0.1, 0.15) is 0 Å². The maximum absolute atomic E-state index is 4.08. The highest BCUT2D eigenvalue weighted by molar-refractivity contribution is 5.30. The van der Waals surface area contributed by atoms with Crippen LogP contribution in [-0.2, 0) is 0 Å². The third-order valence-electron chi connectivity index (χ3n) is 2.41. The monoisotopic (exact) mass is 150 g/mol. The summed E-state index contributed by atoms with van der Waals surface area (Å²) in [6.07, 6.45) is 7.29. The molecule has 0 aliphatic heterocycles. The van der Waals surface area contributed by atoms with Gasteiger partial charge in [-0.3, -0.25) is 0 Å². The third-order valence-corrected chi connectivity index (χ3v) is 2.41. The van der Waals surface area contributed by atoms with Gasteiger partial charge in [0.05, 0.1) is 0 Å². The highest BCUT2D eigenvalue weighted by Gasteiger charge is 2.14. The molecule has 0 aromatic heterocycles. The van der Waals surface area contributed by atoms with E-state index in [1.165, 1.54) is 30.4 Å². The van der Waals surface area contributed by atoms with Crippen molar-refractivity contribution < 1.29 is 0 Å². The summed E-state index contributed by atoms with van der Waals surface area (Å²) < 4.78 is 0. The van der Waals surface area contributed by atoms with Crippen molar-refractivity contribution in [2.75, 3.05) is 0 Å². The molecule has 0 bridgehead atoms. The van der Waals surface area contributed by atoms with E-state index in [-0.39, 0.29) is 0 Å². The van der Waals surface area contributed by atoms with Gasteiger partial charge >= 0.3 is 0 Å². The lowest BCUT2D eigenvalue weighted by Crippen LogP contribution is -2.06. The second kappa shape index (κ2) is 3.75. The van der Waals surface area contributed by atoms with E-state index in [0.717, 1.165) is 12.3 Å². The highest BCUT2D eigenvalue weighted by atomic mass is 14.2. The van der Waals surface area contributed by atoms with Gasteiger partial charge in [-0.2, -0.15) is 0 Å². The molecule has 62 valence electrons. The van der Waals surface area contributed by atoms with Crippen molar-refractivity contribution in [1.82, 2.24) is 0 Å². The van der Waals surface area contributed by atoms with Gasteiger partial charge in [0.2, 0.25) is 0 Å². The van der Waals surface area contributed by atoms with Gasteiger partial charge in [-0.25, -0.2) is 0 Å². The molecule has 0 spiro atoms. The average Bonchev–Trinajstić information content (AvgIpc) is 1.98. The Bertz CT molecular complexity index is 174. The SMILES string of the molecule is C=C1CC[C@H](C)C/C1=C/CC. The maximum Gasteiger partial charge on any atom is -0.0254 e. The topological polar surface area (TPSA) is 0 Å². The van der Waals surface area contributed by atoms with Crippen molar-refractivity contribution in [2.45, 2.75) is 39.5 Å². The molecule has 0 heteroatoms. The zero-order valence-corrected chi connectivity index (χ0v) is 7.69. The average molecular weight is 150 g/mol. The van der Waals surface area contributed by atoms with E-state index in [0.29, 0.717) is 0 Å². The smallest absolute Gasteiger partial charge is 0.0254 e. The molecule has 1 saturated carbocycles. The third kappa shape index (κ3) is 2.21. The number of rotatable bonds is 1. The van der Waals surface area contributed by atoms with Gasteiger partial charge in [-0.15, -0.1) is 0 Å². The van der Waals surface area contributed by atoms with Crippen LogP contribution in [0.1, 0.15) is 39.5 Å². The van der Waals surface area contributed by atoms with Gasteiger partial charge in [-0.05, 0) is 37.2 Å². The predicted octanol–water partition coefficient (Wildman–Crippen LogP) is 3.70. The number of allylic oxidation sites excluding steroid dienone is 3. The Morgan fingerprint density at radius 3 is 3.00 bits per heavy atom. The molecule has 0 saturated heterocycles. The van der Waals surface area contributed by atoms with Gasteiger partial charge in [0, 0.05) is 0 Å². The molecular formula is C11H18. The molecule has 0 radical (unpaired) electrons. The molecule has 0 aromatic carbocycles. The Labute approximate surface area is 70.0 Å². The first-order chi connectivity index (χ1) is 5.24. The van der Waals surface area contributed by atoms with Gasteiger partial charge in [0.25, 0.3) is 0 Å². The standard InChI is InChI=1S/C11H18/c1-4-5-11-8-9(2)6-7-10(11)3/h5,9H,3-4,6-8H2,1-2H3/b11-5-/t9-/m0/s1. The molecule has 0 nitrogen and oxygen atoms in total. The fourth-order valence-corrected chi connectivity index (χ4v) is 1.68. The van der Waals surface area contributed by atoms with Crippen molar-refractivity contribution in [2.24, 2.45) is 5.92 Å². The van der Waals surface area contributed by atoms with Crippen LogP contribution in [0.4, 0.5) is 0 Å². The van der Waals surface area contributed by atoms with E-state index in [2.05, 4.69) is 26.5 Å². The maximum atomic E-state index is 4.08. The molecule has 1 atom stereocenters. The molecule has 1 aliphatic rings. The summed E-state index contributed by atoms with van der Waals surface area (Å²) in [6.45, 7) is 8.60.